The van der Waals surface area contributed by atoms with Gasteiger partial charge in [0, 0.05) is 38.5 Å². The van der Waals surface area contributed by atoms with E-state index in [9.17, 15) is 9.59 Å². The second-order valence-corrected chi connectivity index (χ2v) is 6.70. The van der Waals surface area contributed by atoms with E-state index in [-0.39, 0.29) is 17.4 Å². The normalized spacial score (nSPS) is 18.6. The molecule has 0 aliphatic carbocycles. The first-order chi connectivity index (χ1) is 12.1. The molecule has 0 radical (unpaired) electrons. The van der Waals surface area contributed by atoms with E-state index in [1.807, 2.05) is 17.0 Å². The lowest BCUT2D eigenvalue weighted by atomic mass is 9.78. The van der Waals surface area contributed by atoms with Gasteiger partial charge in [-0.1, -0.05) is 12.1 Å². The van der Waals surface area contributed by atoms with E-state index in [1.165, 1.54) is 12.5 Å². The molecule has 0 saturated carbocycles. The fraction of sp³-hybridized carbons (Fsp3) is 0.579. The second kappa shape index (κ2) is 7.44. The monoisotopic (exact) mass is 346 g/mol. The molecule has 6 nitrogen and oxygen atoms in total. The number of rotatable bonds is 4. The minimum absolute atomic E-state index is 0.0830. The van der Waals surface area contributed by atoms with E-state index in [0.717, 1.165) is 30.6 Å². The van der Waals surface area contributed by atoms with Crippen molar-refractivity contribution in [3.8, 4) is 5.75 Å². The summed E-state index contributed by atoms with van der Waals surface area (Å²) in [6, 6.07) is 6.16. The molecule has 0 atom stereocenters. The van der Waals surface area contributed by atoms with Crippen molar-refractivity contribution in [2.24, 2.45) is 0 Å². The van der Waals surface area contributed by atoms with Crippen LogP contribution in [-0.2, 0) is 26.3 Å². The molecule has 136 valence electrons. The molecule has 0 unspecified atom stereocenters. The van der Waals surface area contributed by atoms with Crippen molar-refractivity contribution >= 4 is 11.8 Å². The highest BCUT2D eigenvalue weighted by molar-refractivity contribution is 5.78. The van der Waals surface area contributed by atoms with Crippen LogP contribution >= 0.6 is 0 Å². The predicted molar refractivity (Wildman–Crippen MR) is 93.4 cm³/mol. The lowest BCUT2D eigenvalue weighted by Gasteiger charge is -2.45. The van der Waals surface area contributed by atoms with Gasteiger partial charge in [-0.05, 0) is 30.9 Å². The number of carbonyl (C=O) groups excluding carboxylic acids is 2. The van der Waals surface area contributed by atoms with Crippen molar-refractivity contribution in [1.29, 1.82) is 0 Å². The first-order valence-electron chi connectivity index (χ1n) is 8.88. The van der Waals surface area contributed by atoms with Crippen molar-refractivity contribution in [3.63, 3.8) is 0 Å². The van der Waals surface area contributed by atoms with E-state index in [1.54, 1.807) is 7.11 Å². The number of likely N-dealkylation sites (tertiary alicyclic amines) is 1. The van der Waals surface area contributed by atoms with Crippen LogP contribution in [0.25, 0.3) is 0 Å². The van der Waals surface area contributed by atoms with Crippen molar-refractivity contribution in [1.82, 2.24) is 10.2 Å². The van der Waals surface area contributed by atoms with E-state index >= 15 is 0 Å². The SMILES string of the molecule is COc1cccc2c1C1(CCN(C(=O)CCNC(C)=O)CC1)OCC2. The molecule has 1 aromatic rings. The number of ether oxygens (including phenoxy) is 2. The Morgan fingerprint density at radius 1 is 1.32 bits per heavy atom. The Bertz CT molecular complexity index is 637. The number of hydrogen-bond acceptors (Lipinski definition) is 4. The first-order valence-corrected chi connectivity index (χ1v) is 8.88. The van der Waals surface area contributed by atoms with Gasteiger partial charge in [0.1, 0.15) is 11.4 Å². The fourth-order valence-corrected chi connectivity index (χ4v) is 3.92. The third-order valence-electron chi connectivity index (χ3n) is 5.17. The summed E-state index contributed by atoms with van der Waals surface area (Å²) in [6.07, 6.45) is 2.78. The summed E-state index contributed by atoms with van der Waals surface area (Å²) >= 11 is 0. The number of benzene rings is 1. The number of amides is 2. The molecule has 1 spiro atoms. The molecule has 1 fully saturated rings. The predicted octanol–water partition coefficient (Wildman–Crippen LogP) is 1.61. The van der Waals surface area contributed by atoms with Gasteiger partial charge in [-0.3, -0.25) is 9.59 Å². The number of carbonyl (C=O) groups is 2. The molecule has 0 bridgehead atoms. The van der Waals surface area contributed by atoms with Crippen LogP contribution in [0.4, 0.5) is 0 Å². The van der Waals surface area contributed by atoms with E-state index in [4.69, 9.17) is 9.47 Å². The highest BCUT2D eigenvalue weighted by atomic mass is 16.5. The molecule has 2 aliphatic heterocycles. The summed E-state index contributed by atoms with van der Waals surface area (Å²) in [5, 5.41) is 2.67. The van der Waals surface area contributed by atoms with Gasteiger partial charge < -0.3 is 19.7 Å². The minimum Gasteiger partial charge on any atom is -0.496 e. The number of nitrogens with one attached hydrogen (secondary N) is 1. The zero-order valence-corrected chi connectivity index (χ0v) is 15.0. The maximum atomic E-state index is 12.3. The van der Waals surface area contributed by atoms with Gasteiger partial charge in [0.05, 0.1) is 13.7 Å². The number of hydrogen-bond donors (Lipinski definition) is 1. The molecule has 25 heavy (non-hydrogen) atoms. The Balaban J connectivity index is 1.68. The van der Waals surface area contributed by atoms with Crippen LogP contribution in [0.1, 0.15) is 37.3 Å². The minimum atomic E-state index is -0.353. The smallest absolute Gasteiger partial charge is 0.224 e. The maximum absolute atomic E-state index is 12.3. The summed E-state index contributed by atoms with van der Waals surface area (Å²) in [7, 11) is 1.69. The zero-order chi connectivity index (χ0) is 17.9. The summed E-state index contributed by atoms with van der Waals surface area (Å²) in [4.78, 5) is 25.1. The van der Waals surface area contributed by atoms with Crippen LogP contribution < -0.4 is 10.1 Å². The van der Waals surface area contributed by atoms with Gasteiger partial charge in [0.15, 0.2) is 0 Å². The fourth-order valence-electron chi connectivity index (χ4n) is 3.92. The van der Waals surface area contributed by atoms with Crippen LogP contribution in [0.2, 0.25) is 0 Å². The third-order valence-corrected chi connectivity index (χ3v) is 5.17. The molecule has 1 N–H and O–H groups in total. The first kappa shape index (κ1) is 17.7. The molecular weight excluding hydrogens is 320 g/mol. The summed E-state index contributed by atoms with van der Waals surface area (Å²) in [5.41, 5.74) is 2.10. The van der Waals surface area contributed by atoms with Gasteiger partial charge in [-0.25, -0.2) is 0 Å². The maximum Gasteiger partial charge on any atom is 0.224 e. The van der Waals surface area contributed by atoms with Crippen LogP contribution in [0.5, 0.6) is 5.75 Å². The van der Waals surface area contributed by atoms with Crippen molar-refractivity contribution in [2.45, 2.75) is 38.2 Å². The number of piperidine rings is 1. The van der Waals surface area contributed by atoms with Crippen LogP contribution in [0.3, 0.4) is 0 Å². The summed E-state index contributed by atoms with van der Waals surface area (Å²) in [6.45, 7) is 3.88. The lowest BCUT2D eigenvalue weighted by Crippen LogP contribution is -2.48. The quantitative estimate of drug-likeness (QED) is 0.899. The van der Waals surface area contributed by atoms with Crippen LogP contribution in [-0.4, -0.2) is 50.1 Å². The Morgan fingerprint density at radius 2 is 2.08 bits per heavy atom. The van der Waals surface area contributed by atoms with Gasteiger partial charge in [0.2, 0.25) is 11.8 Å². The van der Waals surface area contributed by atoms with Gasteiger partial charge in [0.25, 0.3) is 0 Å². The van der Waals surface area contributed by atoms with E-state index in [0.29, 0.717) is 32.7 Å². The molecule has 2 aliphatic rings. The Labute approximate surface area is 148 Å². The van der Waals surface area contributed by atoms with Gasteiger partial charge in [-0.2, -0.15) is 0 Å². The third kappa shape index (κ3) is 3.63. The molecule has 3 rings (SSSR count). The average molecular weight is 346 g/mol. The topological polar surface area (TPSA) is 67.9 Å². The van der Waals surface area contributed by atoms with Crippen LogP contribution in [0.15, 0.2) is 18.2 Å². The molecule has 2 amide bonds. The molecule has 1 aromatic carbocycles. The zero-order valence-electron chi connectivity index (χ0n) is 15.0. The van der Waals surface area contributed by atoms with E-state index < -0.39 is 0 Å². The van der Waals surface area contributed by atoms with Crippen molar-refractivity contribution in [3.05, 3.63) is 29.3 Å². The molecule has 2 heterocycles. The van der Waals surface area contributed by atoms with Crippen LogP contribution in [0, 0.1) is 0 Å². The molecule has 1 saturated heterocycles. The van der Waals surface area contributed by atoms with Crippen molar-refractivity contribution in [2.75, 3.05) is 33.4 Å². The molecular formula is C19H26N2O4. The molecule has 6 heteroatoms. The largest absolute Gasteiger partial charge is 0.496 e. The average Bonchev–Trinajstić information content (AvgIpc) is 2.61. The number of nitrogens with zero attached hydrogens (tertiary/aromatic N) is 1. The second-order valence-electron chi connectivity index (χ2n) is 6.70. The molecule has 0 aromatic heterocycles. The highest BCUT2D eigenvalue weighted by Gasteiger charge is 2.43. The number of methoxy groups -OCH3 is 1. The van der Waals surface area contributed by atoms with Crippen molar-refractivity contribution < 1.29 is 19.1 Å². The Kier molecular flexibility index (Phi) is 5.27. The lowest BCUT2D eigenvalue weighted by molar-refractivity contribution is -0.140. The summed E-state index contributed by atoms with van der Waals surface area (Å²) < 4.78 is 11.8. The van der Waals surface area contributed by atoms with E-state index in [2.05, 4.69) is 11.4 Å². The summed E-state index contributed by atoms with van der Waals surface area (Å²) in [5.74, 6) is 0.854. The highest BCUT2D eigenvalue weighted by Crippen LogP contribution is 2.45. The van der Waals surface area contributed by atoms with Gasteiger partial charge in [-0.15, -0.1) is 0 Å². The Hall–Kier alpha value is -2.08. The number of fused-ring (bicyclic) bond motifs is 2. The van der Waals surface area contributed by atoms with Gasteiger partial charge >= 0.3 is 0 Å². The standard InChI is InChI=1S/C19H26N2O4/c1-14(22)20-10-6-17(23)21-11-8-19(9-12-21)18-15(7-13-25-19)4-3-5-16(18)24-2/h3-5H,6-13H2,1-2H3,(H,20,22). The Morgan fingerprint density at radius 3 is 2.76 bits per heavy atom.